The maximum atomic E-state index is 14.2. The van der Waals surface area contributed by atoms with Crippen molar-refractivity contribution in [2.24, 2.45) is 17.8 Å². The third kappa shape index (κ3) is 4.37. The minimum atomic E-state index is -1.14. The van der Waals surface area contributed by atoms with Gasteiger partial charge in [-0.05, 0) is 26.2 Å². The highest BCUT2D eigenvalue weighted by Gasteiger charge is 2.77. The van der Waals surface area contributed by atoms with Crippen molar-refractivity contribution in [3.63, 3.8) is 0 Å². The van der Waals surface area contributed by atoms with Crippen molar-refractivity contribution in [3.8, 4) is 0 Å². The first-order valence-electron chi connectivity index (χ1n) is 12.5. The van der Waals surface area contributed by atoms with E-state index in [-0.39, 0.29) is 41.1 Å². The smallest absolute Gasteiger partial charge is 0.248 e. The van der Waals surface area contributed by atoms with E-state index in [1.807, 2.05) is 27.7 Å². The quantitative estimate of drug-likeness (QED) is 0.313. The average molecular weight is 555 g/mol. The van der Waals surface area contributed by atoms with Crippen LogP contribution in [0.3, 0.4) is 0 Å². The third-order valence-corrected chi connectivity index (χ3v) is 8.95. The maximum absolute atomic E-state index is 14.2. The molecule has 3 amide bonds. The van der Waals surface area contributed by atoms with E-state index >= 15 is 0 Å². The molecule has 3 fully saturated rings. The van der Waals surface area contributed by atoms with Crippen molar-refractivity contribution in [1.29, 1.82) is 0 Å². The van der Waals surface area contributed by atoms with Crippen molar-refractivity contribution in [2.75, 3.05) is 26.7 Å². The summed E-state index contributed by atoms with van der Waals surface area (Å²) in [6.07, 6.45) is 3.97. The van der Waals surface area contributed by atoms with Crippen LogP contribution in [0.5, 0.6) is 0 Å². The first kappa shape index (κ1) is 27.9. The highest BCUT2D eigenvalue weighted by atomic mass is 79.9. The summed E-state index contributed by atoms with van der Waals surface area (Å²) in [5.41, 5.74) is -1.14. The van der Waals surface area contributed by atoms with Gasteiger partial charge in [-0.15, -0.1) is 13.2 Å². The van der Waals surface area contributed by atoms with Gasteiger partial charge < -0.3 is 24.5 Å². The van der Waals surface area contributed by atoms with Crippen molar-refractivity contribution in [2.45, 2.75) is 75.2 Å². The molecule has 3 unspecified atom stereocenters. The van der Waals surface area contributed by atoms with E-state index in [1.54, 1.807) is 33.9 Å². The number of fused-ring (bicyclic) bond motifs is 1. The number of hydrogen-bond acceptors (Lipinski definition) is 5. The van der Waals surface area contributed by atoms with Gasteiger partial charge in [0.2, 0.25) is 17.7 Å². The van der Waals surface area contributed by atoms with E-state index < -0.39 is 35.6 Å². The number of aliphatic hydroxyl groups excluding tert-OH is 1. The van der Waals surface area contributed by atoms with Gasteiger partial charge in [-0.2, -0.15) is 0 Å². The molecule has 0 aliphatic carbocycles. The highest BCUT2D eigenvalue weighted by molar-refractivity contribution is 9.09. The van der Waals surface area contributed by atoms with Crippen LogP contribution in [-0.4, -0.2) is 98.9 Å². The molecule has 0 aromatic rings. The fourth-order valence-corrected chi connectivity index (χ4v) is 7.13. The van der Waals surface area contributed by atoms with E-state index in [2.05, 4.69) is 29.1 Å². The molecule has 0 aromatic heterocycles. The van der Waals surface area contributed by atoms with Crippen LogP contribution in [0.1, 0.15) is 40.5 Å². The Morgan fingerprint density at radius 2 is 1.89 bits per heavy atom. The van der Waals surface area contributed by atoms with Crippen LogP contribution < -0.4 is 0 Å². The number of hydrogen-bond donors (Lipinski definition) is 1. The summed E-state index contributed by atoms with van der Waals surface area (Å²) in [5, 5.41) is 10.4. The molecule has 3 aliphatic rings. The number of likely N-dealkylation sites (tertiary alicyclic amines) is 1. The molecule has 3 saturated heterocycles. The Hall–Kier alpha value is -1.71. The van der Waals surface area contributed by atoms with Gasteiger partial charge in [0.25, 0.3) is 0 Å². The van der Waals surface area contributed by atoms with Crippen molar-refractivity contribution in [1.82, 2.24) is 14.7 Å². The summed E-state index contributed by atoms with van der Waals surface area (Å²) in [6, 6.07) is -1.61. The van der Waals surface area contributed by atoms with Gasteiger partial charge in [0.15, 0.2) is 0 Å². The molecule has 3 rings (SSSR count). The molecule has 2 bridgehead atoms. The second kappa shape index (κ2) is 10.7. The monoisotopic (exact) mass is 553 g/mol. The van der Waals surface area contributed by atoms with Gasteiger partial charge in [-0.1, -0.05) is 48.4 Å². The molecule has 8 atom stereocenters. The lowest BCUT2D eigenvalue weighted by molar-refractivity contribution is -0.153. The molecule has 9 heteroatoms. The van der Waals surface area contributed by atoms with Crippen LogP contribution in [0, 0.1) is 17.8 Å². The molecule has 0 aromatic carbocycles. The fraction of sp³-hybridized carbons (Fsp3) is 0.731. The average Bonchev–Trinajstić information content (AvgIpc) is 3.40. The van der Waals surface area contributed by atoms with Crippen LogP contribution in [0.4, 0.5) is 0 Å². The summed E-state index contributed by atoms with van der Waals surface area (Å²) in [5.74, 6) is -2.25. The van der Waals surface area contributed by atoms with Gasteiger partial charge in [0, 0.05) is 31.0 Å². The van der Waals surface area contributed by atoms with E-state index in [0.717, 1.165) is 6.42 Å². The zero-order valence-corrected chi connectivity index (χ0v) is 23.1. The number of halogens is 1. The summed E-state index contributed by atoms with van der Waals surface area (Å²) in [7, 11) is 1.69. The first-order valence-corrected chi connectivity index (χ1v) is 13.5. The van der Waals surface area contributed by atoms with Crippen LogP contribution in [0.2, 0.25) is 0 Å². The van der Waals surface area contributed by atoms with E-state index in [1.165, 1.54) is 0 Å². The Kier molecular flexibility index (Phi) is 8.54. The lowest BCUT2D eigenvalue weighted by atomic mass is 9.70. The summed E-state index contributed by atoms with van der Waals surface area (Å²) in [6.45, 7) is 15.7. The Labute approximate surface area is 217 Å². The molecule has 0 saturated carbocycles. The van der Waals surface area contributed by atoms with Crippen LogP contribution >= 0.6 is 15.9 Å². The molecular weight excluding hydrogens is 514 g/mol. The standard InChI is InChI=1S/C26H40BrN3O5/c1-8-11-28(7)23(32)19-20-24(33)30(18(14-31)16(6)10-3)22(25(34)29(12-9-2)15(4)5)26(20)13-17(27)21(19)35-26/h8-9,15-22,31H,1-2,10-14H2,3-7H3/t16-,17?,18-,19-,20-,21-,22?,26?/m0/s1. The van der Waals surface area contributed by atoms with Crippen molar-refractivity contribution >= 4 is 33.7 Å². The van der Waals surface area contributed by atoms with Crippen LogP contribution in [0.25, 0.3) is 0 Å². The maximum Gasteiger partial charge on any atom is 0.248 e. The van der Waals surface area contributed by atoms with Gasteiger partial charge in [0.05, 0.1) is 30.6 Å². The number of carbonyl (C=O) groups is 3. The van der Waals surface area contributed by atoms with E-state index in [0.29, 0.717) is 19.5 Å². The molecule has 3 aliphatic heterocycles. The number of rotatable bonds is 11. The number of aliphatic hydroxyl groups is 1. The molecule has 1 spiro atoms. The van der Waals surface area contributed by atoms with Gasteiger partial charge in [-0.3, -0.25) is 14.4 Å². The second-order valence-corrected chi connectivity index (χ2v) is 11.6. The van der Waals surface area contributed by atoms with Crippen molar-refractivity contribution in [3.05, 3.63) is 25.3 Å². The Bertz CT molecular complexity index is 866. The molecule has 1 N–H and O–H groups in total. The lowest BCUT2D eigenvalue weighted by Gasteiger charge is -2.41. The normalized spacial score (nSPS) is 33.0. The topological polar surface area (TPSA) is 90.4 Å². The number of ether oxygens (including phenoxy) is 1. The third-order valence-electron chi connectivity index (χ3n) is 8.10. The first-order chi connectivity index (χ1) is 16.5. The van der Waals surface area contributed by atoms with Crippen LogP contribution in [-0.2, 0) is 19.1 Å². The molecule has 35 heavy (non-hydrogen) atoms. The van der Waals surface area contributed by atoms with E-state index in [9.17, 15) is 19.5 Å². The summed E-state index contributed by atoms with van der Waals surface area (Å²) in [4.78, 5) is 46.6. The number of nitrogens with zero attached hydrogens (tertiary/aromatic N) is 3. The van der Waals surface area contributed by atoms with Gasteiger partial charge >= 0.3 is 0 Å². The predicted molar refractivity (Wildman–Crippen MR) is 138 cm³/mol. The molecule has 8 nitrogen and oxygen atoms in total. The Morgan fingerprint density at radius 3 is 2.40 bits per heavy atom. The predicted octanol–water partition coefficient (Wildman–Crippen LogP) is 2.21. The van der Waals surface area contributed by atoms with Crippen molar-refractivity contribution < 1.29 is 24.2 Å². The second-order valence-electron chi connectivity index (χ2n) is 10.4. The number of carbonyl (C=O) groups excluding carboxylic acids is 3. The largest absolute Gasteiger partial charge is 0.394 e. The zero-order chi connectivity index (χ0) is 26.2. The number of alkyl halides is 1. The fourth-order valence-electron chi connectivity index (χ4n) is 6.19. The van der Waals surface area contributed by atoms with Crippen LogP contribution in [0.15, 0.2) is 25.3 Å². The Balaban J connectivity index is 2.17. The molecule has 3 heterocycles. The zero-order valence-electron chi connectivity index (χ0n) is 21.5. The SMILES string of the molecule is C=CCN(C)C(=O)[C@H]1[C@H]2C(=O)N([C@@H](CO)[C@@H](C)CC)C(C(=O)N(CC=C)C(C)C)C23CC(Br)[C@@H]1O3. The molecular formula is C26H40BrN3O5. The molecule has 196 valence electrons. The number of amides is 3. The van der Waals surface area contributed by atoms with Gasteiger partial charge in [0.1, 0.15) is 11.6 Å². The summed E-state index contributed by atoms with van der Waals surface area (Å²) < 4.78 is 6.57. The highest BCUT2D eigenvalue weighted by Crippen LogP contribution is 2.61. The van der Waals surface area contributed by atoms with Gasteiger partial charge in [-0.25, -0.2) is 0 Å². The van der Waals surface area contributed by atoms with E-state index in [4.69, 9.17) is 4.74 Å². The lowest BCUT2D eigenvalue weighted by Crippen LogP contribution is -2.60. The molecule has 0 radical (unpaired) electrons. The minimum Gasteiger partial charge on any atom is -0.394 e. The summed E-state index contributed by atoms with van der Waals surface area (Å²) >= 11 is 3.70. The number of likely N-dealkylation sites (N-methyl/N-ethyl adjacent to an activating group) is 1. The Morgan fingerprint density at radius 1 is 1.26 bits per heavy atom. The minimum absolute atomic E-state index is 0.0454.